The van der Waals surface area contributed by atoms with Crippen molar-refractivity contribution >= 4 is 12.0 Å². The van der Waals surface area contributed by atoms with Crippen molar-refractivity contribution in [3.63, 3.8) is 0 Å². The molecule has 0 aliphatic carbocycles. The van der Waals surface area contributed by atoms with Crippen LogP contribution in [-0.2, 0) is 21.9 Å². The molecule has 42 heavy (non-hydrogen) atoms. The normalized spacial score (nSPS) is 21.1. The van der Waals surface area contributed by atoms with Crippen LogP contribution in [-0.4, -0.2) is 73.1 Å². The topological polar surface area (TPSA) is 53.1 Å². The number of hydrogen-bond donors (Lipinski definition) is 0. The van der Waals surface area contributed by atoms with Gasteiger partial charge in [-0.15, -0.1) is 0 Å². The Hall–Kier alpha value is -3.35. The predicted octanol–water partition coefficient (Wildman–Crippen LogP) is 6.25. The van der Waals surface area contributed by atoms with Crippen LogP contribution in [0.15, 0.2) is 36.4 Å². The largest absolute Gasteiger partial charge is 0.453 e. The molecule has 2 aromatic carbocycles. The molecule has 13 heteroatoms. The van der Waals surface area contributed by atoms with E-state index in [0.717, 1.165) is 5.56 Å². The number of piperidine rings is 1. The Labute approximate surface area is 239 Å². The number of benzene rings is 2. The molecule has 2 aromatic rings. The summed E-state index contributed by atoms with van der Waals surface area (Å²) in [5, 5.41) is 0. The van der Waals surface area contributed by atoms with E-state index in [4.69, 9.17) is 4.74 Å². The lowest BCUT2D eigenvalue weighted by molar-refractivity contribution is -0.143. The Morgan fingerprint density at radius 1 is 0.976 bits per heavy atom. The van der Waals surface area contributed by atoms with Gasteiger partial charge < -0.3 is 14.5 Å². The maximum Gasteiger partial charge on any atom is 0.416 e. The number of nitrogens with zero attached hydrogens (tertiary/aromatic N) is 3. The first-order valence-corrected chi connectivity index (χ1v) is 13.4. The van der Waals surface area contributed by atoms with Gasteiger partial charge in [0.15, 0.2) is 0 Å². The van der Waals surface area contributed by atoms with Crippen LogP contribution in [0, 0.1) is 18.7 Å². The Bertz CT molecular complexity index is 1290. The summed E-state index contributed by atoms with van der Waals surface area (Å²) in [6, 6.07) is 4.50. The first-order valence-electron chi connectivity index (χ1n) is 13.4. The van der Waals surface area contributed by atoms with Gasteiger partial charge in [0.2, 0.25) is 5.91 Å². The van der Waals surface area contributed by atoms with Gasteiger partial charge >= 0.3 is 18.4 Å². The first-order chi connectivity index (χ1) is 19.5. The molecule has 0 aromatic heterocycles. The van der Waals surface area contributed by atoms with E-state index < -0.39 is 59.2 Å². The number of methoxy groups -OCH3 is 1. The number of hydrogen-bond acceptors (Lipinski definition) is 4. The van der Waals surface area contributed by atoms with Crippen LogP contribution in [0.4, 0.5) is 35.5 Å². The smallest absolute Gasteiger partial charge is 0.416 e. The summed E-state index contributed by atoms with van der Waals surface area (Å²) in [6.07, 6.45) is -10.1. The lowest BCUT2D eigenvalue weighted by atomic mass is 9.77. The summed E-state index contributed by atoms with van der Waals surface area (Å²) >= 11 is 0. The molecule has 0 spiro atoms. The molecule has 0 saturated carbocycles. The zero-order chi connectivity index (χ0) is 31.1. The maximum absolute atomic E-state index is 14.0. The average molecular weight is 604 g/mol. The zero-order valence-corrected chi connectivity index (χ0v) is 23.5. The van der Waals surface area contributed by atoms with Crippen molar-refractivity contribution in [3.8, 4) is 0 Å². The molecular formula is C29H32F7N3O3. The summed E-state index contributed by atoms with van der Waals surface area (Å²) in [5.41, 5.74) is -1.85. The van der Waals surface area contributed by atoms with Crippen molar-refractivity contribution in [1.82, 2.24) is 14.7 Å². The zero-order valence-electron chi connectivity index (χ0n) is 23.5. The number of ether oxygens (including phenoxy) is 1. The number of amides is 2. The van der Waals surface area contributed by atoms with Gasteiger partial charge in [0.1, 0.15) is 5.82 Å². The highest BCUT2D eigenvalue weighted by Crippen LogP contribution is 2.41. The molecule has 4 rings (SSSR count). The molecule has 2 saturated heterocycles. The van der Waals surface area contributed by atoms with Gasteiger partial charge in [0.25, 0.3) is 0 Å². The van der Waals surface area contributed by atoms with Gasteiger partial charge in [-0.2, -0.15) is 26.3 Å². The second-order valence-corrected chi connectivity index (χ2v) is 11.0. The van der Waals surface area contributed by atoms with E-state index in [1.54, 1.807) is 17.9 Å². The second kappa shape index (κ2) is 11.7. The third-order valence-electron chi connectivity index (χ3n) is 8.43. The number of alkyl halides is 6. The second-order valence-electron chi connectivity index (χ2n) is 11.0. The minimum atomic E-state index is -5.01. The number of aryl methyl sites for hydroxylation is 1. The van der Waals surface area contributed by atoms with E-state index in [9.17, 15) is 40.3 Å². The van der Waals surface area contributed by atoms with E-state index in [1.165, 1.54) is 38.1 Å². The van der Waals surface area contributed by atoms with Crippen molar-refractivity contribution < 1.29 is 45.1 Å². The molecule has 2 aliphatic heterocycles. The molecule has 2 aliphatic rings. The highest BCUT2D eigenvalue weighted by Gasteiger charge is 2.44. The summed E-state index contributed by atoms with van der Waals surface area (Å²) in [5.74, 6) is -1.98. The molecule has 2 heterocycles. The number of carbonyl (C=O) groups excluding carboxylic acids is 2. The van der Waals surface area contributed by atoms with Crippen molar-refractivity contribution in [2.75, 3.05) is 40.3 Å². The monoisotopic (exact) mass is 603 g/mol. The number of likely N-dealkylation sites (tertiary alicyclic amines) is 2. The molecule has 6 nitrogen and oxygen atoms in total. The van der Waals surface area contributed by atoms with Gasteiger partial charge in [-0.25, -0.2) is 9.18 Å². The lowest BCUT2D eigenvalue weighted by Gasteiger charge is -2.49. The Kier molecular flexibility index (Phi) is 8.82. The number of halogens is 7. The molecule has 0 radical (unpaired) electrons. The quantitative estimate of drug-likeness (QED) is 0.380. The third-order valence-corrected chi connectivity index (χ3v) is 8.43. The molecule has 0 bridgehead atoms. The van der Waals surface area contributed by atoms with E-state index in [0.29, 0.717) is 50.3 Å². The van der Waals surface area contributed by atoms with Gasteiger partial charge in [-0.3, -0.25) is 9.69 Å². The molecule has 0 unspecified atom stereocenters. The highest BCUT2D eigenvalue weighted by molar-refractivity contribution is 5.80. The average Bonchev–Trinajstić information content (AvgIpc) is 2.89. The fraction of sp³-hybridized carbons (Fsp3) is 0.517. The molecular weight excluding hydrogens is 571 g/mol. The molecule has 2 fully saturated rings. The van der Waals surface area contributed by atoms with E-state index in [-0.39, 0.29) is 17.7 Å². The molecule has 230 valence electrons. The van der Waals surface area contributed by atoms with Crippen molar-refractivity contribution in [2.45, 2.75) is 50.6 Å². The Balaban J connectivity index is 1.61. The highest BCUT2D eigenvalue weighted by atomic mass is 19.4. The SMILES string of the molecule is COC(=O)N1CC(N2CC[C@H](C(=O)N(C)[C@H](C)c3cc(C(F)(F)F)cc(C(F)(F)F)c3)[C@@H](c3ccc(F)cc3C)C2)C1. The lowest BCUT2D eigenvalue weighted by Crippen LogP contribution is -2.63. The fourth-order valence-electron chi connectivity index (χ4n) is 5.84. The number of carbonyl (C=O) groups is 2. The molecule has 3 atom stereocenters. The standard InChI is InChI=1S/C29H32F7N3O3/c1-16-9-21(30)5-6-23(16)25-15-38(22-13-39(14-22)27(41)42-4)8-7-24(25)26(40)37(3)17(2)18-10-19(28(31,32)33)12-20(11-18)29(34,35)36/h5-6,9-12,17,22,24-25H,7-8,13-15H2,1-4H3/t17-,24+,25-/m1/s1. The van der Waals surface area contributed by atoms with E-state index >= 15 is 0 Å². The van der Waals surface area contributed by atoms with Crippen LogP contribution in [0.5, 0.6) is 0 Å². The summed E-state index contributed by atoms with van der Waals surface area (Å²) in [6.45, 7) is 4.86. The van der Waals surface area contributed by atoms with Gasteiger partial charge in [-0.05, 0) is 73.8 Å². The van der Waals surface area contributed by atoms with Crippen LogP contribution in [0.1, 0.15) is 53.1 Å². The van der Waals surface area contributed by atoms with Crippen LogP contribution < -0.4 is 0 Å². The Morgan fingerprint density at radius 2 is 1.57 bits per heavy atom. The predicted molar refractivity (Wildman–Crippen MR) is 139 cm³/mol. The van der Waals surface area contributed by atoms with Gasteiger partial charge in [0, 0.05) is 44.6 Å². The fourth-order valence-corrected chi connectivity index (χ4v) is 5.84. The maximum atomic E-state index is 14.0. The summed E-state index contributed by atoms with van der Waals surface area (Å²) < 4.78 is 99.5. The summed E-state index contributed by atoms with van der Waals surface area (Å²) in [7, 11) is 2.66. The van der Waals surface area contributed by atoms with Crippen molar-refractivity contribution in [3.05, 3.63) is 70.0 Å². The van der Waals surface area contributed by atoms with Crippen molar-refractivity contribution in [2.24, 2.45) is 5.92 Å². The van der Waals surface area contributed by atoms with Crippen LogP contribution in [0.25, 0.3) is 0 Å². The van der Waals surface area contributed by atoms with Crippen LogP contribution in [0.3, 0.4) is 0 Å². The van der Waals surface area contributed by atoms with Crippen LogP contribution in [0.2, 0.25) is 0 Å². The first kappa shape index (κ1) is 31.6. The van der Waals surface area contributed by atoms with Gasteiger partial charge in [0.05, 0.1) is 24.3 Å². The molecule has 0 N–H and O–H groups in total. The van der Waals surface area contributed by atoms with Crippen molar-refractivity contribution in [1.29, 1.82) is 0 Å². The van der Waals surface area contributed by atoms with Gasteiger partial charge in [-0.1, -0.05) is 6.07 Å². The minimum Gasteiger partial charge on any atom is -0.453 e. The molecule has 2 amide bonds. The minimum absolute atomic E-state index is 0.0194. The Morgan fingerprint density at radius 3 is 2.10 bits per heavy atom. The number of rotatable bonds is 5. The van der Waals surface area contributed by atoms with E-state index in [2.05, 4.69) is 4.90 Å². The summed E-state index contributed by atoms with van der Waals surface area (Å²) in [4.78, 5) is 30.6. The van der Waals surface area contributed by atoms with Crippen LogP contribution >= 0.6 is 0 Å². The third kappa shape index (κ3) is 6.50. The van der Waals surface area contributed by atoms with E-state index in [1.807, 2.05) is 0 Å².